The van der Waals surface area contributed by atoms with Gasteiger partial charge in [-0.1, -0.05) is 34.5 Å². The standard InChI is InChI=1S/C11H14BrClN2OS/c1-7(5-14)17-6-11(16)15-10-3-2-8(12)4-9(10)13/h2-4,7H,5-6,14H2,1H3,(H,15,16). The number of carbonyl (C=O) groups excluding carboxylic acids is 1. The molecule has 0 aliphatic heterocycles. The number of amides is 1. The summed E-state index contributed by atoms with van der Waals surface area (Å²) in [7, 11) is 0. The van der Waals surface area contributed by atoms with Gasteiger partial charge in [0.05, 0.1) is 16.5 Å². The van der Waals surface area contributed by atoms with E-state index >= 15 is 0 Å². The third-order valence-corrected chi connectivity index (χ3v) is 4.03. The molecule has 0 heterocycles. The molecule has 0 bridgehead atoms. The Hall–Kier alpha value is -0.230. The van der Waals surface area contributed by atoms with Gasteiger partial charge >= 0.3 is 0 Å². The number of rotatable bonds is 5. The molecule has 0 saturated carbocycles. The van der Waals surface area contributed by atoms with Crippen LogP contribution >= 0.6 is 39.3 Å². The van der Waals surface area contributed by atoms with E-state index in [1.165, 1.54) is 11.8 Å². The molecule has 1 unspecified atom stereocenters. The molecule has 6 heteroatoms. The highest BCUT2D eigenvalue weighted by molar-refractivity contribution is 9.10. The molecule has 0 spiro atoms. The van der Waals surface area contributed by atoms with Gasteiger partial charge in [0.2, 0.25) is 5.91 Å². The van der Waals surface area contributed by atoms with Crippen LogP contribution in [0.15, 0.2) is 22.7 Å². The molecular formula is C11H14BrClN2OS. The van der Waals surface area contributed by atoms with Gasteiger partial charge in [0, 0.05) is 16.3 Å². The number of halogens is 2. The summed E-state index contributed by atoms with van der Waals surface area (Å²) in [6, 6.07) is 5.34. The van der Waals surface area contributed by atoms with Crippen LogP contribution in [0, 0.1) is 0 Å². The van der Waals surface area contributed by atoms with Crippen molar-refractivity contribution in [3.8, 4) is 0 Å². The molecule has 1 atom stereocenters. The second-order valence-corrected chi connectivity index (χ2v) is 6.28. The Morgan fingerprint density at radius 3 is 2.94 bits per heavy atom. The fourth-order valence-corrected chi connectivity index (χ4v) is 2.43. The van der Waals surface area contributed by atoms with Crippen molar-refractivity contribution in [3.05, 3.63) is 27.7 Å². The summed E-state index contributed by atoms with van der Waals surface area (Å²) in [6.45, 7) is 2.56. The van der Waals surface area contributed by atoms with Crippen LogP contribution in [0.2, 0.25) is 5.02 Å². The summed E-state index contributed by atoms with van der Waals surface area (Å²) in [5.74, 6) is 0.310. The van der Waals surface area contributed by atoms with E-state index in [0.29, 0.717) is 23.0 Å². The molecule has 1 aromatic rings. The summed E-state index contributed by atoms with van der Waals surface area (Å²) in [5.41, 5.74) is 6.10. The molecule has 94 valence electrons. The summed E-state index contributed by atoms with van der Waals surface area (Å²) in [5, 5.41) is 3.56. The largest absolute Gasteiger partial charge is 0.329 e. The zero-order valence-electron chi connectivity index (χ0n) is 9.37. The summed E-state index contributed by atoms with van der Waals surface area (Å²) in [4.78, 5) is 11.6. The molecule has 0 aliphatic rings. The number of carbonyl (C=O) groups is 1. The topological polar surface area (TPSA) is 55.1 Å². The monoisotopic (exact) mass is 336 g/mol. The Morgan fingerprint density at radius 1 is 1.65 bits per heavy atom. The van der Waals surface area contributed by atoms with Crippen LogP contribution in [0.5, 0.6) is 0 Å². The van der Waals surface area contributed by atoms with Crippen molar-refractivity contribution in [1.29, 1.82) is 0 Å². The average molecular weight is 338 g/mol. The lowest BCUT2D eigenvalue weighted by atomic mass is 10.3. The predicted molar refractivity (Wildman–Crippen MR) is 78.8 cm³/mol. The van der Waals surface area contributed by atoms with E-state index in [0.717, 1.165) is 4.47 Å². The van der Waals surface area contributed by atoms with Gasteiger partial charge in [0.1, 0.15) is 0 Å². The highest BCUT2D eigenvalue weighted by atomic mass is 79.9. The first-order valence-corrected chi connectivity index (χ1v) is 7.31. The van der Waals surface area contributed by atoms with Gasteiger partial charge in [-0.25, -0.2) is 0 Å². The molecule has 0 aliphatic carbocycles. The van der Waals surface area contributed by atoms with E-state index in [-0.39, 0.29) is 11.2 Å². The Balaban J connectivity index is 2.50. The van der Waals surface area contributed by atoms with Gasteiger partial charge < -0.3 is 11.1 Å². The number of anilines is 1. The first-order chi connectivity index (χ1) is 8.02. The van der Waals surface area contributed by atoms with Crippen molar-refractivity contribution in [1.82, 2.24) is 0 Å². The van der Waals surface area contributed by atoms with E-state index in [4.69, 9.17) is 17.3 Å². The zero-order valence-corrected chi connectivity index (χ0v) is 12.5. The number of benzene rings is 1. The third-order valence-electron chi connectivity index (χ3n) is 2.04. The van der Waals surface area contributed by atoms with Crippen LogP contribution in [0.1, 0.15) is 6.92 Å². The molecule has 0 radical (unpaired) electrons. The lowest BCUT2D eigenvalue weighted by Gasteiger charge is -2.09. The first kappa shape index (κ1) is 14.8. The van der Waals surface area contributed by atoms with Crippen LogP contribution in [-0.2, 0) is 4.79 Å². The Kier molecular flexibility index (Phi) is 6.33. The van der Waals surface area contributed by atoms with Gasteiger partial charge in [0.25, 0.3) is 0 Å². The molecule has 3 N–H and O–H groups in total. The van der Waals surface area contributed by atoms with Crippen molar-refractivity contribution in [2.75, 3.05) is 17.6 Å². The second-order valence-electron chi connectivity index (χ2n) is 3.53. The Bertz CT molecular complexity index is 403. The number of hydrogen-bond acceptors (Lipinski definition) is 3. The van der Waals surface area contributed by atoms with Crippen LogP contribution in [0.4, 0.5) is 5.69 Å². The van der Waals surface area contributed by atoms with Crippen LogP contribution < -0.4 is 11.1 Å². The molecule has 0 saturated heterocycles. The van der Waals surface area contributed by atoms with Crippen molar-refractivity contribution in [2.45, 2.75) is 12.2 Å². The summed E-state index contributed by atoms with van der Waals surface area (Å²) in [6.07, 6.45) is 0. The smallest absolute Gasteiger partial charge is 0.234 e. The van der Waals surface area contributed by atoms with Crippen molar-refractivity contribution in [2.24, 2.45) is 5.73 Å². The number of thioether (sulfide) groups is 1. The molecule has 3 nitrogen and oxygen atoms in total. The van der Waals surface area contributed by atoms with E-state index in [9.17, 15) is 4.79 Å². The molecule has 1 rings (SSSR count). The Labute approximate surface area is 119 Å². The number of nitrogens with two attached hydrogens (primary N) is 1. The predicted octanol–water partition coefficient (Wildman–Crippen LogP) is 3.12. The van der Waals surface area contributed by atoms with Crippen molar-refractivity contribution in [3.63, 3.8) is 0 Å². The SMILES string of the molecule is CC(CN)SCC(=O)Nc1ccc(Br)cc1Cl. The van der Waals surface area contributed by atoms with Crippen LogP contribution in [0.3, 0.4) is 0 Å². The fraction of sp³-hybridized carbons (Fsp3) is 0.364. The normalized spacial score (nSPS) is 12.2. The quantitative estimate of drug-likeness (QED) is 0.868. The minimum atomic E-state index is -0.0699. The van der Waals surface area contributed by atoms with Gasteiger partial charge in [0.15, 0.2) is 0 Å². The number of nitrogens with one attached hydrogen (secondary N) is 1. The fourth-order valence-electron chi connectivity index (χ4n) is 1.06. The maximum absolute atomic E-state index is 11.6. The van der Waals surface area contributed by atoms with Crippen LogP contribution in [-0.4, -0.2) is 23.5 Å². The first-order valence-electron chi connectivity index (χ1n) is 5.09. The molecular weight excluding hydrogens is 324 g/mol. The lowest BCUT2D eigenvalue weighted by Crippen LogP contribution is -2.19. The summed E-state index contributed by atoms with van der Waals surface area (Å²) >= 11 is 10.8. The average Bonchev–Trinajstić information content (AvgIpc) is 2.29. The summed E-state index contributed by atoms with van der Waals surface area (Å²) < 4.78 is 0.881. The second kappa shape index (κ2) is 7.26. The van der Waals surface area contributed by atoms with Crippen molar-refractivity contribution < 1.29 is 4.79 Å². The molecule has 1 aromatic carbocycles. The van der Waals surface area contributed by atoms with E-state index < -0.39 is 0 Å². The third kappa shape index (κ3) is 5.29. The zero-order chi connectivity index (χ0) is 12.8. The number of hydrogen-bond donors (Lipinski definition) is 2. The highest BCUT2D eigenvalue weighted by Gasteiger charge is 2.08. The maximum Gasteiger partial charge on any atom is 0.234 e. The minimum absolute atomic E-state index is 0.0699. The van der Waals surface area contributed by atoms with Crippen LogP contribution in [0.25, 0.3) is 0 Å². The Morgan fingerprint density at radius 2 is 2.35 bits per heavy atom. The molecule has 1 amide bonds. The van der Waals surface area contributed by atoms with E-state index in [1.807, 2.05) is 13.0 Å². The highest BCUT2D eigenvalue weighted by Crippen LogP contribution is 2.25. The molecule has 17 heavy (non-hydrogen) atoms. The van der Waals surface area contributed by atoms with E-state index in [2.05, 4.69) is 21.2 Å². The van der Waals surface area contributed by atoms with Gasteiger partial charge in [-0.15, -0.1) is 11.8 Å². The maximum atomic E-state index is 11.6. The van der Waals surface area contributed by atoms with Gasteiger partial charge in [-0.05, 0) is 18.2 Å². The van der Waals surface area contributed by atoms with Crippen molar-refractivity contribution >= 4 is 50.9 Å². The van der Waals surface area contributed by atoms with Gasteiger partial charge in [-0.2, -0.15) is 0 Å². The van der Waals surface area contributed by atoms with Gasteiger partial charge in [-0.3, -0.25) is 4.79 Å². The molecule has 0 fully saturated rings. The lowest BCUT2D eigenvalue weighted by molar-refractivity contribution is -0.113. The minimum Gasteiger partial charge on any atom is -0.329 e. The molecule has 0 aromatic heterocycles. The van der Waals surface area contributed by atoms with E-state index in [1.54, 1.807) is 12.1 Å².